The molecule has 0 saturated heterocycles. The first kappa shape index (κ1) is 18.8. The smallest absolute Gasteiger partial charge is 0.267 e. The first-order chi connectivity index (χ1) is 12.5. The van der Waals surface area contributed by atoms with Crippen molar-refractivity contribution in [2.45, 2.75) is 11.8 Å². The Morgan fingerprint density at radius 1 is 1.00 bits per heavy atom. The van der Waals surface area contributed by atoms with E-state index in [-0.39, 0.29) is 11.4 Å². The molecule has 0 aromatic heterocycles. The Hall–Kier alpha value is -3.55. The van der Waals surface area contributed by atoms with Gasteiger partial charge in [0.15, 0.2) is 5.78 Å². The summed E-state index contributed by atoms with van der Waals surface area (Å²) in [4.78, 5) is 24.2. The van der Waals surface area contributed by atoms with Crippen LogP contribution in [0, 0.1) is 22.0 Å². The minimum absolute atomic E-state index is 0.0659. The van der Waals surface area contributed by atoms with E-state index >= 15 is 0 Å². The van der Waals surface area contributed by atoms with Gasteiger partial charge in [0.05, 0.1) is 0 Å². The van der Waals surface area contributed by atoms with Crippen molar-refractivity contribution in [2.24, 2.45) is 0 Å². The number of hydrogen-bond acceptors (Lipinski definition) is 6. The van der Waals surface area contributed by atoms with Gasteiger partial charge in [-0.1, -0.05) is 0 Å². The molecule has 0 heterocycles. The molecule has 2 rings (SSSR count). The molecule has 0 radical (unpaired) electrons. The predicted molar refractivity (Wildman–Crippen MR) is 100 cm³/mol. The summed E-state index contributed by atoms with van der Waals surface area (Å²) in [7, 11) is 0. The van der Waals surface area contributed by atoms with Crippen molar-refractivity contribution in [2.75, 3.05) is 10.6 Å². The summed E-state index contributed by atoms with van der Waals surface area (Å²) in [6.07, 6.45) is 1.31. The lowest BCUT2D eigenvalue weighted by Crippen LogP contribution is -2.14. The average Bonchev–Trinajstić information content (AvgIpc) is 2.64. The molecule has 0 fully saturated rings. The van der Waals surface area contributed by atoms with Crippen LogP contribution in [0.15, 0.2) is 65.2 Å². The largest absolute Gasteiger partial charge is 0.360 e. The number of amides is 1. The molecule has 0 aliphatic carbocycles. The van der Waals surface area contributed by atoms with E-state index in [1.165, 1.54) is 13.1 Å². The highest BCUT2D eigenvalue weighted by atomic mass is 32.2. The lowest BCUT2D eigenvalue weighted by molar-refractivity contribution is -0.112. The SMILES string of the molecule is CC(=O)c1ccc(NC(=O)/C(C#N)=C\Nc2ccc(SC#N)cc2)cc1. The molecular formula is C19H14N4O2S. The molecule has 0 aliphatic rings. The standard InChI is InChI=1S/C19H14N4O2S/c1-13(24)14-2-4-17(5-3-14)23-19(25)15(10-20)11-22-16-6-8-18(9-7-16)26-12-21/h2-9,11,22H,1H3,(H,23,25)/b15-11-. The molecule has 1 amide bonds. The summed E-state index contributed by atoms with van der Waals surface area (Å²) in [5.41, 5.74) is 1.60. The fourth-order valence-corrected chi connectivity index (χ4v) is 2.34. The summed E-state index contributed by atoms with van der Waals surface area (Å²) in [6.45, 7) is 1.46. The fourth-order valence-electron chi connectivity index (χ4n) is 1.96. The molecule has 26 heavy (non-hydrogen) atoms. The van der Waals surface area contributed by atoms with Gasteiger partial charge < -0.3 is 10.6 Å². The van der Waals surface area contributed by atoms with Gasteiger partial charge >= 0.3 is 0 Å². The summed E-state index contributed by atoms with van der Waals surface area (Å²) in [5.74, 6) is -0.629. The van der Waals surface area contributed by atoms with Crippen LogP contribution < -0.4 is 10.6 Å². The first-order valence-electron chi connectivity index (χ1n) is 7.48. The number of thiocyanates is 1. The van der Waals surface area contributed by atoms with Crippen molar-refractivity contribution in [3.05, 3.63) is 65.9 Å². The van der Waals surface area contributed by atoms with Crippen LogP contribution in [0.1, 0.15) is 17.3 Å². The van der Waals surface area contributed by atoms with Crippen molar-refractivity contribution >= 4 is 34.8 Å². The average molecular weight is 362 g/mol. The molecule has 2 N–H and O–H groups in total. The zero-order valence-corrected chi connectivity index (χ0v) is 14.6. The lowest BCUT2D eigenvalue weighted by atomic mass is 10.1. The third-order valence-electron chi connectivity index (χ3n) is 3.32. The van der Waals surface area contributed by atoms with E-state index in [0.29, 0.717) is 16.9 Å². The third-order valence-corrected chi connectivity index (χ3v) is 3.91. The highest BCUT2D eigenvalue weighted by Gasteiger charge is 2.09. The normalized spacial score (nSPS) is 10.3. The monoisotopic (exact) mass is 362 g/mol. The molecule has 128 valence electrons. The number of Topliss-reactive ketones (excluding diaryl/α,β-unsaturated/α-hetero) is 1. The lowest BCUT2D eigenvalue weighted by Gasteiger charge is -2.06. The molecule has 0 aliphatic heterocycles. The van der Waals surface area contributed by atoms with E-state index < -0.39 is 5.91 Å². The number of ketones is 1. The molecule has 0 bridgehead atoms. The molecule has 6 nitrogen and oxygen atoms in total. The number of thioether (sulfide) groups is 1. The Bertz CT molecular complexity index is 920. The summed E-state index contributed by atoms with van der Waals surface area (Å²) < 4.78 is 0. The number of nitrogens with zero attached hydrogens (tertiary/aromatic N) is 2. The molecule has 2 aromatic rings. The molecule has 7 heteroatoms. The highest BCUT2D eigenvalue weighted by Crippen LogP contribution is 2.19. The van der Waals surface area contributed by atoms with Crippen LogP contribution in [0.2, 0.25) is 0 Å². The van der Waals surface area contributed by atoms with Crippen molar-refractivity contribution in [1.29, 1.82) is 10.5 Å². The Morgan fingerprint density at radius 2 is 1.62 bits per heavy atom. The van der Waals surface area contributed by atoms with Gasteiger partial charge in [0.2, 0.25) is 0 Å². The number of nitriles is 2. The van der Waals surface area contributed by atoms with Gasteiger partial charge in [-0.2, -0.15) is 10.5 Å². The Morgan fingerprint density at radius 3 is 2.15 bits per heavy atom. The molecule has 0 unspecified atom stereocenters. The van der Waals surface area contributed by atoms with Crippen LogP contribution in [-0.4, -0.2) is 11.7 Å². The van der Waals surface area contributed by atoms with Gasteiger partial charge in [-0.05, 0) is 67.2 Å². The molecular weight excluding hydrogens is 348 g/mol. The zero-order chi connectivity index (χ0) is 18.9. The fraction of sp³-hybridized carbons (Fsp3) is 0.0526. The topological polar surface area (TPSA) is 106 Å². The van der Waals surface area contributed by atoms with Gasteiger partial charge in [-0.25, -0.2) is 0 Å². The van der Waals surface area contributed by atoms with E-state index in [4.69, 9.17) is 5.26 Å². The number of carbonyl (C=O) groups excluding carboxylic acids is 2. The second-order valence-corrected chi connectivity index (χ2v) is 5.98. The Labute approximate surface area is 155 Å². The third kappa shape index (κ3) is 5.23. The van der Waals surface area contributed by atoms with Crippen molar-refractivity contribution in [1.82, 2.24) is 0 Å². The van der Waals surface area contributed by atoms with E-state index in [9.17, 15) is 14.9 Å². The molecule has 0 spiro atoms. The zero-order valence-electron chi connectivity index (χ0n) is 13.8. The summed E-state index contributed by atoms with van der Waals surface area (Å²) in [6, 6.07) is 15.2. The maximum absolute atomic E-state index is 12.2. The molecule has 0 atom stereocenters. The second kappa shape index (κ2) is 9.07. The van der Waals surface area contributed by atoms with Crippen molar-refractivity contribution < 1.29 is 9.59 Å². The molecule has 0 saturated carbocycles. The van der Waals surface area contributed by atoms with E-state index in [1.807, 2.05) is 11.5 Å². The van der Waals surface area contributed by atoms with Gasteiger partial charge in [0.25, 0.3) is 5.91 Å². The number of rotatable bonds is 6. The maximum atomic E-state index is 12.2. The highest BCUT2D eigenvalue weighted by molar-refractivity contribution is 8.03. The number of carbonyl (C=O) groups is 2. The van der Waals surface area contributed by atoms with Crippen LogP contribution in [0.5, 0.6) is 0 Å². The van der Waals surface area contributed by atoms with Gasteiger partial charge in [0, 0.05) is 28.0 Å². The van der Waals surface area contributed by atoms with Gasteiger partial charge in [0.1, 0.15) is 17.0 Å². The Kier molecular flexibility index (Phi) is 6.55. The molecule has 2 aromatic carbocycles. The number of benzene rings is 2. The van der Waals surface area contributed by atoms with E-state index in [1.54, 1.807) is 48.5 Å². The number of hydrogen-bond donors (Lipinski definition) is 2. The van der Waals surface area contributed by atoms with Crippen LogP contribution in [0.4, 0.5) is 11.4 Å². The van der Waals surface area contributed by atoms with E-state index in [0.717, 1.165) is 16.7 Å². The summed E-state index contributed by atoms with van der Waals surface area (Å²) in [5, 5.41) is 25.2. The van der Waals surface area contributed by atoms with Crippen molar-refractivity contribution in [3.63, 3.8) is 0 Å². The number of nitrogens with one attached hydrogen (secondary N) is 2. The Balaban J connectivity index is 2.03. The maximum Gasteiger partial charge on any atom is 0.267 e. The quantitative estimate of drug-likeness (QED) is 0.265. The summed E-state index contributed by atoms with van der Waals surface area (Å²) >= 11 is 1.05. The second-order valence-electron chi connectivity index (χ2n) is 5.12. The van der Waals surface area contributed by atoms with Crippen molar-refractivity contribution in [3.8, 4) is 11.5 Å². The number of anilines is 2. The van der Waals surface area contributed by atoms with Gasteiger partial charge in [-0.3, -0.25) is 9.59 Å². The minimum Gasteiger partial charge on any atom is -0.360 e. The van der Waals surface area contributed by atoms with Gasteiger partial charge in [-0.15, -0.1) is 0 Å². The van der Waals surface area contributed by atoms with Crippen LogP contribution >= 0.6 is 11.8 Å². The van der Waals surface area contributed by atoms with Crippen LogP contribution in [-0.2, 0) is 4.79 Å². The van der Waals surface area contributed by atoms with Crippen LogP contribution in [0.25, 0.3) is 0 Å². The van der Waals surface area contributed by atoms with Crippen LogP contribution in [0.3, 0.4) is 0 Å². The predicted octanol–water partition coefficient (Wildman–Crippen LogP) is 3.92. The van der Waals surface area contributed by atoms with E-state index in [2.05, 4.69) is 10.6 Å². The minimum atomic E-state index is -0.563. The first-order valence-corrected chi connectivity index (χ1v) is 8.30.